The Balaban J connectivity index is 1.93. The van der Waals surface area contributed by atoms with Crippen LogP contribution in [0, 0.1) is 0 Å². The summed E-state index contributed by atoms with van der Waals surface area (Å²) in [5, 5.41) is 8.83. The van der Waals surface area contributed by atoms with Crippen molar-refractivity contribution in [2.75, 3.05) is 7.11 Å². The number of hydrogen-bond acceptors (Lipinski definition) is 6. The van der Waals surface area contributed by atoms with Crippen LogP contribution in [-0.4, -0.2) is 23.2 Å². The van der Waals surface area contributed by atoms with E-state index in [1.807, 2.05) is 23.6 Å². The average Bonchev–Trinajstić information content (AvgIpc) is 3.27. The van der Waals surface area contributed by atoms with Crippen LogP contribution in [0.15, 0.2) is 22.0 Å². The van der Waals surface area contributed by atoms with Gasteiger partial charge in [0.15, 0.2) is 0 Å². The molecule has 3 rings (SSSR count). The van der Waals surface area contributed by atoms with E-state index in [9.17, 15) is 4.79 Å². The summed E-state index contributed by atoms with van der Waals surface area (Å²) in [5.41, 5.74) is 0.0365. The lowest BCUT2D eigenvalue weighted by Gasteiger charge is -2.22. The number of aromatic nitrogens is 2. The van der Waals surface area contributed by atoms with E-state index >= 15 is 0 Å². The van der Waals surface area contributed by atoms with Gasteiger partial charge in [0.05, 0.1) is 0 Å². The van der Waals surface area contributed by atoms with E-state index in [1.165, 1.54) is 6.92 Å². The fraction of sp³-hybridized carbons (Fsp3) is 0.438. The van der Waals surface area contributed by atoms with E-state index in [-0.39, 0.29) is 5.91 Å². The molecule has 7 heteroatoms. The first-order valence-corrected chi connectivity index (χ1v) is 8.43. The SMILES string of the molecule is COC1(c2noc(/C(=C\c3cccs3)NC(C)=O)n2)CCCC1. The van der Waals surface area contributed by atoms with Gasteiger partial charge >= 0.3 is 0 Å². The Hall–Kier alpha value is -1.99. The molecule has 0 aliphatic heterocycles. The highest BCUT2D eigenvalue weighted by Gasteiger charge is 2.40. The highest BCUT2D eigenvalue weighted by molar-refractivity contribution is 7.10. The lowest BCUT2D eigenvalue weighted by atomic mass is 10.0. The van der Waals surface area contributed by atoms with Crippen LogP contribution in [0.5, 0.6) is 0 Å². The normalized spacial score (nSPS) is 17.4. The topological polar surface area (TPSA) is 77.3 Å². The highest BCUT2D eigenvalue weighted by Crippen LogP contribution is 2.40. The molecule has 0 atom stereocenters. The van der Waals surface area contributed by atoms with E-state index in [2.05, 4.69) is 15.5 Å². The van der Waals surface area contributed by atoms with E-state index < -0.39 is 5.60 Å². The van der Waals surface area contributed by atoms with Gasteiger partial charge in [-0.15, -0.1) is 11.3 Å². The number of amides is 1. The van der Waals surface area contributed by atoms with Crippen molar-refractivity contribution in [2.24, 2.45) is 0 Å². The minimum absolute atomic E-state index is 0.185. The molecule has 1 aliphatic carbocycles. The van der Waals surface area contributed by atoms with Gasteiger partial charge in [-0.1, -0.05) is 11.2 Å². The molecule has 1 amide bonds. The third-order valence-electron chi connectivity index (χ3n) is 4.01. The summed E-state index contributed by atoms with van der Waals surface area (Å²) in [6.45, 7) is 1.45. The highest BCUT2D eigenvalue weighted by atomic mass is 32.1. The zero-order valence-electron chi connectivity index (χ0n) is 13.2. The summed E-state index contributed by atoms with van der Waals surface area (Å²) in [6, 6.07) is 3.90. The van der Waals surface area contributed by atoms with Crippen molar-refractivity contribution in [3.63, 3.8) is 0 Å². The van der Waals surface area contributed by atoms with E-state index in [0.717, 1.165) is 30.6 Å². The molecule has 0 radical (unpaired) electrons. The fourth-order valence-corrected chi connectivity index (χ4v) is 3.50. The Bertz CT molecular complexity index is 700. The quantitative estimate of drug-likeness (QED) is 0.909. The van der Waals surface area contributed by atoms with Crippen LogP contribution in [0.25, 0.3) is 11.8 Å². The number of methoxy groups -OCH3 is 1. The molecular formula is C16H19N3O3S. The molecule has 1 saturated carbocycles. The lowest BCUT2D eigenvalue weighted by Crippen LogP contribution is -2.26. The van der Waals surface area contributed by atoms with Crippen LogP contribution in [0.1, 0.15) is 49.2 Å². The van der Waals surface area contributed by atoms with Crippen molar-refractivity contribution in [2.45, 2.75) is 38.2 Å². The predicted octanol–water partition coefficient (Wildman–Crippen LogP) is 3.18. The Morgan fingerprint density at radius 1 is 1.48 bits per heavy atom. The molecule has 1 fully saturated rings. The molecular weight excluding hydrogens is 314 g/mol. The summed E-state index contributed by atoms with van der Waals surface area (Å²) >= 11 is 1.57. The first kappa shape index (κ1) is 15.9. The summed E-state index contributed by atoms with van der Waals surface area (Å²) < 4.78 is 11.1. The molecule has 1 N–H and O–H groups in total. The maximum absolute atomic E-state index is 11.5. The molecule has 0 bridgehead atoms. The molecule has 0 saturated heterocycles. The van der Waals surface area contributed by atoms with E-state index in [1.54, 1.807) is 18.4 Å². The van der Waals surface area contributed by atoms with Crippen LogP contribution >= 0.6 is 11.3 Å². The largest absolute Gasteiger partial charge is 0.370 e. The minimum atomic E-state index is -0.466. The third kappa shape index (κ3) is 3.35. The van der Waals surface area contributed by atoms with Crippen molar-refractivity contribution >= 4 is 29.0 Å². The zero-order valence-corrected chi connectivity index (χ0v) is 14.0. The van der Waals surface area contributed by atoms with Crippen LogP contribution < -0.4 is 5.32 Å². The van der Waals surface area contributed by atoms with Gasteiger partial charge in [-0.25, -0.2) is 0 Å². The minimum Gasteiger partial charge on any atom is -0.370 e. The molecule has 23 heavy (non-hydrogen) atoms. The molecule has 2 aromatic heterocycles. The molecule has 122 valence electrons. The van der Waals surface area contributed by atoms with Crippen molar-refractivity contribution in [3.05, 3.63) is 34.1 Å². The smallest absolute Gasteiger partial charge is 0.274 e. The lowest BCUT2D eigenvalue weighted by molar-refractivity contribution is -0.117. The molecule has 0 spiro atoms. The second-order valence-electron chi connectivity index (χ2n) is 5.58. The Morgan fingerprint density at radius 3 is 2.87 bits per heavy atom. The average molecular weight is 333 g/mol. The maximum Gasteiger partial charge on any atom is 0.274 e. The first-order chi connectivity index (χ1) is 11.1. The number of nitrogens with one attached hydrogen (secondary N) is 1. The van der Waals surface area contributed by atoms with E-state index in [4.69, 9.17) is 9.26 Å². The number of carbonyl (C=O) groups excluding carboxylic acids is 1. The molecule has 6 nitrogen and oxygen atoms in total. The van der Waals surface area contributed by atoms with Gasteiger partial charge in [-0.3, -0.25) is 4.79 Å². The number of hydrogen-bond donors (Lipinski definition) is 1. The van der Waals surface area contributed by atoms with Gasteiger partial charge in [0.1, 0.15) is 11.3 Å². The van der Waals surface area contributed by atoms with Crippen molar-refractivity contribution in [3.8, 4) is 0 Å². The van der Waals surface area contributed by atoms with Crippen molar-refractivity contribution < 1.29 is 14.1 Å². The van der Waals surface area contributed by atoms with Gasteiger partial charge in [-0.05, 0) is 43.2 Å². The van der Waals surface area contributed by atoms with Gasteiger partial charge in [0.25, 0.3) is 5.89 Å². The number of rotatable bonds is 5. The summed E-state index contributed by atoms with van der Waals surface area (Å²) in [6.07, 6.45) is 5.76. The predicted molar refractivity (Wildman–Crippen MR) is 87.5 cm³/mol. The van der Waals surface area contributed by atoms with Crippen LogP contribution in [0.2, 0.25) is 0 Å². The first-order valence-electron chi connectivity index (χ1n) is 7.55. The summed E-state index contributed by atoms with van der Waals surface area (Å²) in [5.74, 6) is 0.664. The van der Waals surface area contributed by atoms with Gasteiger partial charge in [-0.2, -0.15) is 4.98 Å². The molecule has 2 aromatic rings. The summed E-state index contributed by atoms with van der Waals surface area (Å²) in [7, 11) is 1.68. The summed E-state index contributed by atoms with van der Waals surface area (Å²) in [4.78, 5) is 17.0. The number of carbonyl (C=O) groups is 1. The number of ether oxygens (including phenoxy) is 1. The second-order valence-corrected chi connectivity index (χ2v) is 6.56. The van der Waals surface area contributed by atoms with Crippen molar-refractivity contribution in [1.82, 2.24) is 15.5 Å². The number of thiophene rings is 1. The van der Waals surface area contributed by atoms with Crippen LogP contribution in [0.3, 0.4) is 0 Å². The van der Waals surface area contributed by atoms with Gasteiger partial charge < -0.3 is 14.6 Å². The van der Waals surface area contributed by atoms with E-state index in [0.29, 0.717) is 17.4 Å². The van der Waals surface area contributed by atoms with Crippen LogP contribution in [-0.2, 0) is 15.1 Å². The van der Waals surface area contributed by atoms with Gasteiger partial charge in [0, 0.05) is 18.9 Å². The maximum atomic E-state index is 11.5. The molecule has 0 unspecified atom stereocenters. The standard InChI is InChI=1S/C16H19N3O3S/c1-11(20)17-13(10-12-6-5-9-23-12)14-18-15(19-22-14)16(21-2)7-3-4-8-16/h5-6,9-10H,3-4,7-8H2,1-2H3,(H,17,20)/b13-10+. The second kappa shape index (κ2) is 6.64. The monoisotopic (exact) mass is 333 g/mol. The van der Waals surface area contributed by atoms with Crippen LogP contribution in [0.4, 0.5) is 0 Å². The molecule has 0 aromatic carbocycles. The zero-order chi connectivity index (χ0) is 16.3. The van der Waals surface area contributed by atoms with Gasteiger partial charge in [0.2, 0.25) is 11.7 Å². The van der Waals surface area contributed by atoms with Crippen molar-refractivity contribution in [1.29, 1.82) is 0 Å². The third-order valence-corrected chi connectivity index (χ3v) is 4.83. The number of nitrogens with zero attached hydrogens (tertiary/aromatic N) is 2. The molecule has 1 aliphatic rings. The Morgan fingerprint density at radius 2 is 2.26 bits per heavy atom. The fourth-order valence-electron chi connectivity index (χ4n) is 2.84. The Labute approximate surface area is 138 Å². The molecule has 2 heterocycles. The Kier molecular flexibility index (Phi) is 4.58.